The molecule has 0 aliphatic carbocycles. The topological polar surface area (TPSA) is 118 Å². The Hall–Kier alpha value is -2.42. The number of hydrogen-bond acceptors (Lipinski definition) is 6. The molecule has 0 spiro atoms. The van der Waals surface area contributed by atoms with Gasteiger partial charge in [0.25, 0.3) is 0 Å². The van der Waals surface area contributed by atoms with Gasteiger partial charge in [-0.25, -0.2) is 4.79 Å². The Labute approximate surface area is 181 Å². The van der Waals surface area contributed by atoms with E-state index >= 15 is 0 Å². The first kappa shape index (κ1) is 23.2. The number of para-hydroxylation sites is 1. The van der Waals surface area contributed by atoms with Gasteiger partial charge in [0.05, 0.1) is 17.8 Å². The van der Waals surface area contributed by atoms with E-state index < -0.39 is 36.5 Å². The highest BCUT2D eigenvalue weighted by atomic mass is 16.7. The quantitative estimate of drug-likeness (QED) is 0.387. The van der Waals surface area contributed by atoms with E-state index in [2.05, 4.69) is 4.98 Å². The summed E-state index contributed by atoms with van der Waals surface area (Å²) in [6, 6.07) is 7.49. The molecule has 31 heavy (non-hydrogen) atoms. The van der Waals surface area contributed by atoms with Crippen molar-refractivity contribution < 1.29 is 34.0 Å². The van der Waals surface area contributed by atoms with Crippen molar-refractivity contribution in [2.45, 2.75) is 83.1 Å². The van der Waals surface area contributed by atoms with Gasteiger partial charge >= 0.3 is 11.9 Å². The standard InChI is InChI=1S/C23H31NO7/c1-14(8-4-3-5-11-21(26)27)29-23-19(25)12-20(15(2)30-23)31-22(28)17-13-24-18-10-7-6-9-16(17)18/h6-7,9-10,13-15,19-20,23-25H,3-5,8,11-12H2,1-2H3,(H,26,27)/t14-,15+,19-,20-,23-/m1/s1. The molecule has 2 heterocycles. The van der Waals surface area contributed by atoms with Crippen molar-refractivity contribution in [3.63, 3.8) is 0 Å². The van der Waals surface area contributed by atoms with Crippen molar-refractivity contribution in [2.75, 3.05) is 0 Å². The van der Waals surface area contributed by atoms with Crippen LogP contribution in [-0.4, -0.2) is 57.8 Å². The zero-order valence-corrected chi connectivity index (χ0v) is 18.0. The smallest absolute Gasteiger partial charge is 0.340 e. The SMILES string of the molecule is C[C@H](CCCCCC(=O)O)O[C@@H]1O[C@@H](C)[C@H](OC(=O)c2c[nH]c3ccccc23)C[C@H]1O. The number of aliphatic carboxylic acids is 1. The number of benzene rings is 1. The normalized spacial score (nSPS) is 24.7. The lowest BCUT2D eigenvalue weighted by molar-refractivity contribution is -0.273. The summed E-state index contributed by atoms with van der Waals surface area (Å²) in [5.74, 6) is -1.24. The van der Waals surface area contributed by atoms with E-state index in [0.29, 0.717) is 12.0 Å². The number of carboxylic acid groups (broad SMARTS) is 1. The Balaban J connectivity index is 1.47. The summed E-state index contributed by atoms with van der Waals surface area (Å²) in [6.07, 6.45) is 2.25. The lowest BCUT2D eigenvalue weighted by Gasteiger charge is -2.38. The summed E-state index contributed by atoms with van der Waals surface area (Å²) in [7, 11) is 0. The maximum absolute atomic E-state index is 12.7. The van der Waals surface area contributed by atoms with Crippen LogP contribution >= 0.6 is 0 Å². The Bertz CT molecular complexity index is 880. The van der Waals surface area contributed by atoms with Gasteiger partial charge in [-0.3, -0.25) is 4.79 Å². The fraction of sp³-hybridized carbons (Fsp3) is 0.565. The molecule has 170 valence electrons. The van der Waals surface area contributed by atoms with Crippen LogP contribution in [0.4, 0.5) is 0 Å². The maximum atomic E-state index is 12.7. The predicted molar refractivity (Wildman–Crippen MR) is 114 cm³/mol. The second kappa shape index (κ2) is 10.7. The molecule has 8 nitrogen and oxygen atoms in total. The largest absolute Gasteiger partial charge is 0.481 e. The number of carbonyl (C=O) groups excluding carboxylic acids is 1. The number of aromatic amines is 1. The molecule has 1 aliphatic rings. The van der Waals surface area contributed by atoms with Crippen LogP contribution in [0.15, 0.2) is 30.5 Å². The molecule has 0 radical (unpaired) electrons. The molecule has 1 aromatic heterocycles. The third-order valence-corrected chi connectivity index (χ3v) is 5.60. The number of nitrogens with one attached hydrogen (secondary N) is 1. The van der Waals surface area contributed by atoms with Gasteiger partial charge in [-0.2, -0.15) is 0 Å². The molecular weight excluding hydrogens is 402 g/mol. The van der Waals surface area contributed by atoms with E-state index in [1.54, 1.807) is 13.1 Å². The Kier molecular flexibility index (Phi) is 8.06. The van der Waals surface area contributed by atoms with Crippen molar-refractivity contribution in [3.05, 3.63) is 36.0 Å². The molecule has 5 atom stereocenters. The summed E-state index contributed by atoms with van der Waals surface area (Å²) in [4.78, 5) is 26.3. The Morgan fingerprint density at radius 2 is 2.03 bits per heavy atom. The van der Waals surface area contributed by atoms with Gasteiger partial charge in [0.15, 0.2) is 6.29 Å². The molecule has 3 rings (SSSR count). The van der Waals surface area contributed by atoms with Crippen molar-refractivity contribution in [1.82, 2.24) is 4.98 Å². The minimum Gasteiger partial charge on any atom is -0.481 e. The number of ether oxygens (including phenoxy) is 3. The maximum Gasteiger partial charge on any atom is 0.340 e. The second-order valence-corrected chi connectivity index (χ2v) is 8.14. The highest BCUT2D eigenvalue weighted by molar-refractivity contribution is 6.04. The number of aliphatic hydroxyl groups excluding tert-OH is 1. The number of aromatic nitrogens is 1. The summed E-state index contributed by atoms with van der Waals surface area (Å²) in [5.41, 5.74) is 1.31. The molecule has 0 amide bonds. The van der Waals surface area contributed by atoms with Crippen LogP contribution in [0.1, 0.15) is 62.7 Å². The molecule has 0 unspecified atom stereocenters. The second-order valence-electron chi connectivity index (χ2n) is 8.14. The first-order valence-corrected chi connectivity index (χ1v) is 10.8. The van der Waals surface area contributed by atoms with Crippen LogP contribution in [0.3, 0.4) is 0 Å². The summed E-state index contributed by atoms with van der Waals surface area (Å²) in [5, 5.41) is 19.9. The highest BCUT2D eigenvalue weighted by Gasteiger charge is 2.38. The number of rotatable bonds is 10. The van der Waals surface area contributed by atoms with E-state index in [9.17, 15) is 14.7 Å². The van der Waals surface area contributed by atoms with Crippen LogP contribution < -0.4 is 0 Å². The summed E-state index contributed by atoms with van der Waals surface area (Å²) < 4.78 is 17.3. The van der Waals surface area contributed by atoms with E-state index in [4.69, 9.17) is 19.3 Å². The molecular formula is C23H31NO7. The predicted octanol–water partition coefficient (Wildman–Crippen LogP) is 3.63. The van der Waals surface area contributed by atoms with Gasteiger partial charge in [-0.05, 0) is 32.8 Å². The van der Waals surface area contributed by atoms with Crippen LogP contribution in [0, 0.1) is 0 Å². The van der Waals surface area contributed by atoms with Gasteiger partial charge in [0.1, 0.15) is 12.2 Å². The first-order valence-electron chi connectivity index (χ1n) is 10.8. The summed E-state index contributed by atoms with van der Waals surface area (Å²) in [6.45, 7) is 3.70. The van der Waals surface area contributed by atoms with Crippen LogP contribution in [0.2, 0.25) is 0 Å². The number of H-pyrrole nitrogens is 1. The average molecular weight is 434 g/mol. The Morgan fingerprint density at radius 3 is 2.81 bits per heavy atom. The molecule has 1 saturated heterocycles. The monoisotopic (exact) mass is 433 g/mol. The molecule has 1 fully saturated rings. The van der Waals surface area contributed by atoms with Gasteiger partial charge in [-0.1, -0.05) is 31.0 Å². The molecule has 0 saturated carbocycles. The Morgan fingerprint density at radius 1 is 1.26 bits per heavy atom. The summed E-state index contributed by atoms with van der Waals surface area (Å²) >= 11 is 0. The van der Waals surface area contributed by atoms with E-state index in [1.165, 1.54) is 0 Å². The molecule has 1 aromatic carbocycles. The van der Waals surface area contributed by atoms with Gasteiger partial charge in [0, 0.05) is 29.9 Å². The number of hydrogen-bond donors (Lipinski definition) is 3. The number of aliphatic hydroxyl groups is 1. The molecule has 0 bridgehead atoms. The van der Waals surface area contributed by atoms with Gasteiger partial charge in [-0.15, -0.1) is 0 Å². The fourth-order valence-corrected chi connectivity index (χ4v) is 3.82. The molecule has 2 aromatic rings. The van der Waals surface area contributed by atoms with Gasteiger partial charge in [0.2, 0.25) is 0 Å². The zero-order valence-electron chi connectivity index (χ0n) is 18.0. The zero-order chi connectivity index (χ0) is 22.4. The number of carboxylic acids is 1. The number of carbonyl (C=O) groups is 2. The van der Waals surface area contributed by atoms with Crippen LogP contribution in [0.25, 0.3) is 10.9 Å². The molecule has 8 heteroatoms. The highest BCUT2D eigenvalue weighted by Crippen LogP contribution is 2.27. The minimum atomic E-state index is -0.911. The number of unbranched alkanes of at least 4 members (excludes halogenated alkanes) is 2. The van der Waals surface area contributed by atoms with Crippen LogP contribution in [0.5, 0.6) is 0 Å². The minimum absolute atomic E-state index is 0.137. The van der Waals surface area contributed by atoms with Crippen LogP contribution in [-0.2, 0) is 19.0 Å². The van der Waals surface area contributed by atoms with Crippen molar-refractivity contribution in [3.8, 4) is 0 Å². The molecule has 3 N–H and O–H groups in total. The number of esters is 1. The first-order chi connectivity index (χ1) is 14.8. The van der Waals surface area contributed by atoms with Crippen molar-refractivity contribution in [1.29, 1.82) is 0 Å². The third-order valence-electron chi connectivity index (χ3n) is 5.60. The van der Waals surface area contributed by atoms with E-state index in [-0.39, 0.29) is 18.9 Å². The van der Waals surface area contributed by atoms with Crippen molar-refractivity contribution >= 4 is 22.8 Å². The third kappa shape index (κ3) is 6.29. The van der Waals surface area contributed by atoms with Gasteiger partial charge < -0.3 is 29.4 Å². The fourth-order valence-electron chi connectivity index (χ4n) is 3.82. The molecule has 1 aliphatic heterocycles. The van der Waals surface area contributed by atoms with E-state index in [0.717, 1.165) is 30.2 Å². The average Bonchev–Trinajstić information content (AvgIpc) is 3.15. The van der Waals surface area contributed by atoms with E-state index in [1.807, 2.05) is 31.2 Å². The number of fused-ring (bicyclic) bond motifs is 1. The lowest BCUT2D eigenvalue weighted by atomic mass is 10.0. The van der Waals surface area contributed by atoms with Crippen molar-refractivity contribution in [2.24, 2.45) is 0 Å². The lowest BCUT2D eigenvalue weighted by Crippen LogP contribution is -2.49.